The lowest BCUT2D eigenvalue weighted by Crippen LogP contribution is -2.35. The third kappa shape index (κ3) is 5.19. The number of para-hydroxylation sites is 1. The zero-order chi connectivity index (χ0) is 24.3. The largest absolute Gasteiger partial charge is 0.457 e. The second-order valence-electron chi connectivity index (χ2n) is 7.64. The Bertz CT molecular complexity index is 1140. The standard InChI is InChI=1S/C23H22F3N5O3/c1-3-16-13-33-22(32)31(16)21-29-19(23(24,25)26)28-20(30-21)27-14(2)15-9-11-18(12-10-15)34-17-7-5-4-6-8-17/h4-12,14,16H,3,13H2,1-2H3,(H,27,28,29,30)/t14-,16-/m0/s1. The molecule has 3 aromatic rings. The number of benzene rings is 2. The van der Waals surface area contributed by atoms with Crippen molar-refractivity contribution in [3.63, 3.8) is 0 Å². The van der Waals surface area contributed by atoms with Gasteiger partial charge in [-0.15, -0.1) is 0 Å². The summed E-state index contributed by atoms with van der Waals surface area (Å²) >= 11 is 0. The van der Waals surface area contributed by atoms with Gasteiger partial charge < -0.3 is 14.8 Å². The fraction of sp³-hybridized carbons (Fsp3) is 0.304. The Balaban J connectivity index is 1.56. The van der Waals surface area contributed by atoms with E-state index in [0.29, 0.717) is 17.9 Å². The molecule has 1 saturated heterocycles. The number of carbonyl (C=O) groups is 1. The van der Waals surface area contributed by atoms with Gasteiger partial charge in [0.1, 0.15) is 18.1 Å². The minimum absolute atomic E-state index is 0.0545. The van der Waals surface area contributed by atoms with Crippen LogP contribution in [-0.4, -0.2) is 33.7 Å². The van der Waals surface area contributed by atoms with Crippen LogP contribution in [-0.2, 0) is 10.9 Å². The van der Waals surface area contributed by atoms with E-state index in [9.17, 15) is 18.0 Å². The summed E-state index contributed by atoms with van der Waals surface area (Å²) in [6, 6.07) is 15.4. The van der Waals surface area contributed by atoms with Crippen molar-refractivity contribution < 1.29 is 27.4 Å². The Morgan fingerprint density at radius 1 is 1.09 bits per heavy atom. The molecule has 178 valence electrons. The predicted octanol–water partition coefficient (Wildman–Crippen LogP) is 5.59. The van der Waals surface area contributed by atoms with Crippen molar-refractivity contribution in [3.8, 4) is 11.5 Å². The third-order valence-electron chi connectivity index (χ3n) is 5.23. The third-order valence-corrected chi connectivity index (χ3v) is 5.23. The molecular weight excluding hydrogens is 451 g/mol. The average Bonchev–Trinajstić information content (AvgIpc) is 3.20. The smallest absolute Gasteiger partial charge is 0.451 e. The lowest BCUT2D eigenvalue weighted by Gasteiger charge is -2.21. The molecule has 1 aliphatic heterocycles. The topological polar surface area (TPSA) is 89.5 Å². The molecule has 11 heteroatoms. The molecule has 2 atom stereocenters. The van der Waals surface area contributed by atoms with E-state index in [0.717, 1.165) is 10.5 Å². The average molecular weight is 473 g/mol. The second-order valence-corrected chi connectivity index (χ2v) is 7.64. The molecule has 34 heavy (non-hydrogen) atoms. The Hall–Kier alpha value is -3.89. The molecule has 0 unspecified atom stereocenters. The van der Waals surface area contributed by atoms with Gasteiger partial charge in [-0.05, 0) is 43.2 Å². The van der Waals surface area contributed by atoms with Crippen molar-refractivity contribution >= 4 is 18.0 Å². The summed E-state index contributed by atoms with van der Waals surface area (Å²) in [6.07, 6.45) is -5.15. The molecule has 2 aromatic carbocycles. The van der Waals surface area contributed by atoms with Gasteiger partial charge in [-0.2, -0.15) is 28.1 Å². The first-order chi connectivity index (χ1) is 16.2. The highest BCUT2D eigenvalue weighted by molar-refractivity contribution is 5.88. The minimum Gasteiger partial charge on any atom is -0.457 e. The van der Waals surface area contributed by atoms with Crippen LogP contribution >= 0.6 is 0 Å². The quantitative estimate of drug-likeness (QED) is 0.478. The van der Waals surface area contributed by atoms with E-state index in [-0.39, 0.29) is 12.6 Å². The number of hydrogen-bond donors (Lipinski definition) is 1. The SMILES string of the molecule is CC[C@H]1COC(=O)N1c1nc(N[C@@H](C)c2ccc(Oc3ccccc3)cc2)nc(C(F)(F)F)n1. The molecule has 4 rings (SSSR count). The van der Waals surface area contributed by atoms with Crippen molar-refractivity contribution in [2.45, 2.75) is 38.5 Å². The number of nitrogens with zero attached hydrogens (tertiary/aromatic N) is 4. The van der Waals surface area contributed by atoms with Gasteiger partial charge in [0.2, 0.25) is 17.7 Å². The van der Waals surface area contributed by atoms with Gasteiger partial charge in [0.05, 0.1) is 12.1 Å². The number of carbonyl (C=O) groups excluding carboxylic acids is 1. The first kappa shape index (κ1) is 23.3. The van der Waals surface area contributed by atoms with Crippen molar-refractivity contribution in [1.82, 2.24) is 15.0 Å². The summed E-state index contributed by atoms with van der Waals surface area (Å²) in [5.74, 6) is -0.804. The summed E-state index contributed by atoms with van der Waals surface area (Å²) in [4.78, 5) is 24.2. The van der Waals surface area contributed by atoms with Gasteiger partial charge in [0.25, 0.3) is 0 Å². The van der Waals surface area contributed by atoms with E-state index >= 15 is 0 Å². The molecule has 0 bridgehead atoms. The van der Waals surface area contributed by atoms with Gasteiger partial charge in [-0.1, -0.05) is 37.3 Å². The number of ether oxygens (including phenoxy) is 2. The number of cyclic esters (lactones) is 1. The summed E-state index contributed by atoms with van der Waals surface area (Å²) in [5.41, 5.74) is 0.767. The second kappa shape index (κ2) is 9.54. The van der Waals surface area contributed by atoms with E-state index in [4.69, 9.17) is 9.47 Å². The van der Waals surface area contributed by atoms with Gasteiger partial charge in [0, 0.05) is 0 Å². The van der Waals surface area contributed by atoms with E-state index < -0.39 is 36.1 Å². The first-order valence-electron chi connectivity index (χ1n) is 10.6. The fourth-order valence-electron chi connectivity index (χ4n) is 3.40. The van der Waals surface area contributed by atoms with E-state index in [1.165, 1.54) is 0 Å². The monoisotopic (exact) mass is 473 g/mol. The van der Waals surface area contributed by atoms with Crippen molar-refractivity contribution in [1.29, 1.82) is 0 Å². The molecule has 0 aliphatic carbocycles. The highest BCUT2D eigenvalue weighted by Crippen LogP contribution is 2.31. The van der Waals surface area contributed by atoms with Crippen molar-refractivity contribution in [2.75, 3.05) is 16.8 Å². The molecule has 0 radical (unpaired) electrons. The van der Waals surface area contributed by atoms with Gasteiger partial charge in [-0.3, -0.25) is 0 Å². The first-order valence-corrected chi connectivity index (χ1v) is 10.6. The normalized spacial score (nSPS) is 16.8. The van der Waals surface area contributed by atoms with Crippen LogP contribution in [0.25, 0.3) is 0 Å². The maximum absolute atomic E-state index is 13.5. The molecule has 0 saturated carbocycles. The number of hydrogen-bond acceptors (Lipinski definition) is 7. The molecular formula is C23H22F3N5O3. The molecule has 0 spiro atoms. The van der Waals surface area contributed by atoms with Crippen LogP contribution in [0.4, 0.5) is 29.9 Å². The van der Waals surface area contributed by atoms with E-state index in [1.807, 2.05) is 30.3 Å². The fourth-order valence-corrected chi connectivity index (χ4v) is 3.40. The van der Waals surface area contributed by atoms with Crippen LogP contribution in [0.2, 0.25) is 0 Å². The highest BCUT2D eigenvalue weighted by atomic mass is 19.4. The Labute approximate surface area is 193 Å². The molecule has 1 N–H and O–H groups in total. The summed E-state index contributed by atoms with van der Waals surface area (Å²) < 4.78 is 51.1. The predicted molar refractivity (Wildman–Crippen MR) is 118 cm³/mol. The lowest BCUT2D eigenvalue weighted by molar-refractivity contribution is -0.144. The van der Waals surface area contributed by atoms with Crippen LogP contribution in [0, 0.1) is 0 Å². The molecule has 1 aliphatic rings. The highest BCUT2D eigenvalue weighted by Gasteiger charge is 2.40. The van der Waals surface area contributed by atoms with E-state index in [2.05, 4.69) is 20.3 Å². The minimum atomic E-state index is -4.82. The molecule has 1 aromatic heterocycles. The zero-order valence-electron chi connectivity index (χ0n) is 18.4. The van der Waals surface area contributed by atoms with Crippen LogP contribution in [0.15, 0.2) is 54.6 Å². The summed E-state index contributed by atoms with van der Waals surface area (Å²) in [7, 11) is 0. The van der Waals surface area contributed by atoms with Crippen LogP contribution in [0.3, 0.4) is 0 Å². The summed E-state index contributed by atoms with van der Waals surface area (Å²) in [5, 5.41) is 2.87. The molecule has 8 nitrogen and oxygen atoms in total. The number of aromatic nitrogens is 3. The number of halogens is 3. The number of rotatable bonds is 7. The Kier molecular flexibility index (Phi) is 6.53. The number of anilines is 2. The number of amides is 1. The number of alkyl halides is 3. The van der Waals surface area contributed by atoms with Crippen LogP contribution in [0.1, 0.15) is 37.7 Å². The van der Waals surface area contributed by atoms with Gasteiger partial charge in [-0.25, -0.2) is 9.69 Å². The van der Waals surface area contributed by atoms with Gasteiger partial charge in [0.15, 0.2) is 0 Å². The Morgan fingerprint density at radius 3 is 2.41 bits per heavy atom. The lowest BCUT2D eigenvalue weighted by atomic mass is 10.1. The maximum Gasteiger partial charge on any atom is 0.451 e. The molecule has 1 fully saturated rings. The molecule has 1 amide bonds. The van der Waals surface area contributed by atoms with Gasteiger partial charge >= 0.3 is 12.3 Å². The number of nitrogens with one attached hydrogen (secondary N) is 1. The van der Waals surface area contributed by atoms with Crippen LogP contribution < -0.4 is 15.0 Å². The maximum atomic E-state index is 13.5. The molecule has 2 heterocycles. The van der Waals surface area contributed by atoms with Crippen LogP contribution in [0.5, 0.6) is 11.5 Å². The van der Waals surface area contributed by atoms with Crippen molar-refractivity contribution in [2.24, 2.45) is 0 Å². The zero-order valence-corrected chi connectivity index (χ0v) is 18.4. The van der Waals surface area contributed by atoms with Crippen molar-refractivity contribution in [3.05, 3.63) is 66.0 Å². The van der Waals surface area contributed by atoms with E-state index in [1.54, 1.807) is 38.1 Å². The summed E-state index contributed by atoms with van der Waals surface area (Å²) in [6.45, 7) is 3.60. The Morgan fingerprint density at radius 2 is 1.76 bits per heavy atom.